The third-order valence-corrected chi connectivity index (χ3v) is 7.41. The van der Waals surface area contributed by atoms with Crippen molar-refractivity contribution in [3.63, 3.8) is 0 Å². The Hall–Kier alpha value is -4.15. The summed E-state index contributed by atoms with van der Waals surface area (Å²) in [6, 6.07) is 19.8. The van der Waals surface area contributed by atoms with Gasteiger partial charge in [0.15, 0.2) is 11.5 Å². The summed E-state index contributed by atoms with van der Waals surface area (Å²) in [7, 11) is 8.37. The van der Waals surface area contributed by atoms with Gasteiger partial charge in [-0.15, -0.1) is 0 Å². The average molecular weight is 547 g/mol. The molecule has 40 heavy (non-hydrogen) atoms. The Morgan fingerprint density at radius 2 is 1.57 bits per heavy atom. The number of aromatic nitrogens is 4. The predicted molar refractivity (Wildman–Crippen MR) is 148 cm³/mol. The Morgan fingerprint density at radius 1 is 0.800 bits per heavy atom. The first kappa shape index (κ1) is 27.4. The van der Waals surface area contributed by atoms with Gasteiger partial charge >= 0.3 is 6.01 Å². The maximum absolute atomic E-state index is 6.54. The van der Waals surface area contributed by atoms with Gasteiger partial charge in [-0.3, -0.25) is 0 Å². The molecule has 0 unspecified atom stereocenters. The van der Waals surface area contributed by atoms with Crippen molar-refractivity contribution in [1.82, 2.24) is 20.2 Å². The Balaban J connectivity index is 1.69. The van der Waals surface area contributed by atoms with E-state index in [1.807, 2.05) is 48.5 Å². The second-order valence-electron chi connectivity index (χ2n) is 9.64. The van der Waals surface area contributed by atoms with Crippen LogP contribution in [0.5, 0.6) is 29.0 Å². The van der Waals surface area contributed by atoms with Crippen LogP contribution in [0.2, 0.25) is 0 Å². The number of methoxy groups -OCH3 is 5. The van der Waals surface area contributed by atoms with E-state index in [9.17, 15) is 0 Å². The smallest absolute Gasteiger partial charge is 0.345 e. The minimum absolute atomic E-state index is 0.0800. The molecule has 0 spiro atoms. The Bertz CT molecular complexity index is 1430. The number of ether oxygens (including phenoxy) is 6. The van der Waals surface area contributed by atoms with Gasteiger partial charge in [0.25, 0.3) is 0 Å². The Labute approximate surface area is 233 Å². The molecule has 3 aromatic carbocycles. The molecule has 0 N–H and O–H groups in total. The van der Waals surface area contributed by atoms with E-state index < -0.39 is 0 Å². The van der Waals surface area contributed by atoms with Crippen molar-refractivity contribution in [3.05, 3.63) is 77.4 Å². The second-order valence-corrected chi connectivity index (χ2v) is 9.64. The normalized spacial score (nSPS) is 18.2. The van der Waals surface area contributed by atoms with Gasteiger partial charge in [-0.1, -0.05) is 29.4 Å². The highest BCUT2D eigenvalue weighted by Gasteiger charge is 2.40. The molecule has 5 rings (SSSR count). The first-order valence-electron chi connectivity index (χ1n) is 13.0. The van der Waals surface area contributed by atoms with E-state index in [-0.39, 0.29) is 23.8 Å². The minimum atomic E-state index is -0.120. The summed E-state index contributed by atoms with van der Waals surface area (Å²) in [6.45, 7) is 1.11. The lowest BCUT2D eigenvalue weighted by Gasteiger charge is -2.40. The van der Waals surface area contributed by atoms with Crippen molar-refractivity contribution < 1.29 is 28.4 Å². The van der Waals surface area contributed by atoms with Crippen LogP contribution in [0.4, 0.5) is 0 Å². The van der Waals surface area contributed by atoms with Gasteiger partial charge in [0.05, 0.1) is 33.6 Å². The summed E-state index contributed by atoms with van der Waals surface area (Å²) in [5.74, 6) is 2.74. The van der Waals surface area contributed by atoms with E-state index in [0.29, 0.717) is 36.2 Å². The number of hydrogen-bond donors (Lipinski definition) is 0. The molecular weight excluding hydrogens is 512 g/mol. The van der Waals surface area contributed by atoms with E-state index in [1.54, 1.807) is 40.2 Å². The van der Waals surface area contributed by atoms with Crippen molar-refractivity contribution >= 4 is 0 Å². The lowest BCUT2D eigenvalue weighted by molar-refractivity contribution is 0.0561. The fourth-order valence-electron chi connectivity index (χ4n) is 5.65. The topological polar surface area (TPSA) is 99.0 Å². The largest absolute Gasteiger partial charge is 0.497 e. The van der Waals surface area contributed by atoms with E-state index in [2.05, 4.69) is 27.7 Å². The molecule has 1 aromatic heterocycles. The number of nitrogens with zero attached hydrogens (tertiary/aromatic N) is 4. The number of para-hydroxylation sites is 1. The molecule has 10 heteroatoms. The standard InChI is InChI=1S/C30H34N4O6/c1-35-17-21-13-20-14-23(37-3)16-27(40-30-31-32-33-34(30)22-9-7-6-8-10-22)29(20)28(24(21)18-36-2)19-11-12-25(38-4)26(15-19)39-5/h6-12,14-16,21,24,28H,13,17-18H2,1-5H3/t21-,24-,28+/m1/s1. The molecule has 0 fully saturated rings. The molecule has 1 heterocycles. The molecule has 210 valence electrons. The highest BCUT2D eigenvalue weighted by atomic mass is 16.5. The van der Waals surface area contributed by atoms with Crippen molar-refractivity contribution in [3.8, 4) is 34.7 Å². The quantitative estimate of drug-likeness (QED) is 0.265. The van der Waals surface area contributed by atoms with Crippen LogP contribution in [0.15, 0.2) is 60.7 Å². The third-order valence-electron chi connectivity index (χ3n) is 7.41. The molecule has 3 atom stereocenters. The van der Waals surface area contributed by atoms with Crippen molar-refractivity contribution in [1.29, 1.82) is 0 Å². The molecule has 0 aliphatic heterocycles. The predicted octanol–water partition coefficient (Wildman–Crippen LogP) is 4.69. The van der Waals surface area contributed by atoms with E-state index in [4.69, 9.17) is 28.4 Å². The number of benzene rings is 3. The van der Waals surface area contributed by atoms with Crippen LogP contribution in [-0.4, -0.2) is 69.0 Å². The summed E-state index contributed by atoms with van der Waals surface area (Å²) in [4.78, 5) is 0. The third kappa shape index (κ3) is 5.32. The monoisotopic (exact) mass is 546 g/mol. The van der Waals surface area contributed by atoms with Crippen LogP contribution in [0.3, 0.4) is 0 Å². The van der Waals surface area contributed by atoms with Crippen LogP contribution >= 0.6 is 0 Å². The van der Waals surface area contributed by atoms with Crippen LogP contribution in [0, 0.1) is 11.8 Å². The Morgan fingerprint density at radius 3 is 2.27 bits per heavy atom. The highest BCUT2D eigenvalue weighted by molar-refractivity contribution is 5.56. The number of hydrogen-bond acceptors (Lipinski definition) is 9. The van der Waals surface area contributed by atoms with Gasteiger partial charge in [-0.25, -0.2) is 0 Å². The zero-order valence-corrected chi connectivity index (χ0v) is 23.4. The highest BCUT2D eigenvalue weighted by Crippen LogP contribution is 2.50. The van der Waals surface area contributed by atoms with Crippen molar-refractivity contribution in [2.45, 2.75) is 12.3 Å². The zero-order valence-electron chi connectivity index (χ0n) is 23.4. The summed E-state index contributed by atoms with van der Waals surface area (Å²) in [5.41, 5.74) is 3.94. The molecule has 4 aromatic rings. The maximum atomic E-state index is 6.54. The van der Waals surface area contributed by atoms with Crippen LogP contribution in [0.25, 0.3) is 5.69 Å². The molecular formula is C30H34N4O6. The van der Waals surface area contributed by atoms with Crippen LogP contribution in [0.1, 0.15) is 22.6 Å². The van der Waals surface area contributed by atoms with Gasteiger partial charge in [0.2, 0.25) is 0 Å². The van der Waals surface area contributed by atoms with E-state index in [1.165, 1.54) is 0 Å². The van der Waals surface area contributed by atoms with Gasteiger partial charge in [-0.2, -0.15) is 4.68 Å². The molecule has 0 saturated heterocycles. The fraction of sp³-hybridized carbons (Fsp3) is 0.367. The minimum Gasteiger partial charge on any atom is -0.497 e. The summed E-state index contributed by atoms with van der Waals surface area (Å²) in [6.07, 6.45) is 0.762. The number of tetrazole rings is 1. The summed E-state index contributed by atoms with van der Waals surface area (Å²) in [5, 5.41) is 12.3. The molecule has 0 amide bonds. The maximum Gasteiger partial charge on any atom is 0.345 e. The molecule has 1 aliphatic carbocycles. The first-order valence-corrected chi connectivity index (χ1v) is 13.0. The SMILES string of the molecule is COC[C@H]1Cc2cc(OC)cc(Oc3nnnn3-c3ccccc3)c2[C@@H](c2ccc(OC)c(OC)c2)[C@@H]1COC. The molecule has 1 aliphatic rings. The first-order chi connectivity index (χ1) is 19.6. The molecule has 0 saturated carbocycles. The van der Waals surface area contributed by atoms with Crippen molar-refractivity contribution in [2.24, 2.45) is 11.8 Å². The lowest BCUT2D eigenvalue weighted by atomic mass is 9.66. The van der Waals surface area contributed by atoms with Crippen molar-refractivity contribution in [2.75, 3.05) is 48.8 Å². The zero-order chi connectivity index (χ0) is 28.1. The average Bonchev–Trinajstić information content (AvgIpc) is 3.45. The molecule has 0 bridgehead atoms. The van der Waals surface area contributed by atoms with E-state index >= 15 is 0 Å². The lowest BCUT2D eigenvalue weighted by Crippen LogP contribution is -2.36. The summed E-state index contributed by atoms with van der Waals surface area (Å²) < 4.78 is 36.5. The van der Waals surface area contributed by atoms with Crippen LogP contribution < -0.4 is 18.9 Å². The van der Waals surface area contributed by atoms with Gasteiger partial charge in [-0.05, 0) is 70.1 Å². The molecule has 10 nitrogen and oxygen atoms in total. The number of fused-ring (bicyclic) bond motifs is 1. The van der Waals surface area contributed by atoms with Gasteiger partial charge in [0.1, 0.15) is 11.5 Å². The van der Waals surface area contributed by atoms with Gasteiger partial charge < -0.3 is 28.4 Å². The summed E-state index contributed by atoms with van der Waals surface area (Å²) >= 11 is 0. The fourth-order valence-corrected chi connectivity index (χ4v) is 5.65. The number of rotatable bonds is 11. The van der Waals surface area contributed by atoms with Crippen LogP contribution in [-0.2, 0) is 15.9 Å². The molecule has 0 radical (unpaired) electrons. The van der Waals surface area contributed by atoms with Gasteiger partial charge in [0, 0.05) is 38.4 Å². The van der Waals surface area contributed by atoms with E-state index in [0.717, 1.165) is 28.8 Å². The Kier molecular flexibility index (Phi) is 8.47. The second kappa shape index (κ2) is 12.4.